The SMILES string of the molecule is O=C(O)NCc1cnc(-c2ccc([N+](=O)[O-])cc2)s1. The minimum atomic E-state index is -1.09. The molecule has 2 aromatic rings. The van der Waals surface area contributed by atoms with Crippen LogP contribution in [0.15, 0.2) is 30.5 Å². The summed E-state index contributed by atoms with van der Waals surface area (Å²) < 4.78 is 0. The lowest BCUT2D eigenvalue weighted by Crippen LogP contribution is -2.19. The Morgan fingerprint density at radius 2 is 2.11 bits per heavy atom. The Balaban J connectivity index is 2.13. The van der Waals surface area contributed by atoms with Crippen LogP contribution in [0.25, 0.3) is 10.6 Å². The van der Waals surface area contributed by atoms with Crippen molar-refractivity contribution in [3.05, 3.63) is 45.5 Å². The molecule has 1 aromatic heterocycles. The van der Waals surface area contributed by atoms with E-state index in [9.17, 15) is 14.9 Å². The van der Waals surface area contributed by atoms with Crippen molar-refractivity contribution in [3.8, 4) is 10.6 Å². The summed E-state index contributed by atoms with van der Waals surface area (Å²) in [5, 5.41) is 22.0. The molecule has 2 rings (SSSR count). The van der Waals surface area contributed by atoms with Crippen molar-refractivity contribution < 1.29 is 14.8 Å². The molecule has 0 bridgehead atoms. The normalized spacial score (nSPS) is 10.1. The van der Waals surface area contributed by atoms with Gasteiger partial charge in [0.05, 0.1) is 11.5 Å². The van der Waals surface area contributed by atoms with E-state index in [-0.39, 0.29) is 12.2 Å². The van der Waals surface area contributed by atoms with E-state index < -0.39 is 11.0 Å². The van der Waals surface area contributed by atoms with Crippen molar-refractivity contribution in [2.45, 2.75) is 6.54 Å². The van der Waals surface area contributed by atoms with E-state index >= 15 is 0 Å². The largest absolute Gasteiger partial charge is 0.465 e. The van der Waals surface area contributed by atoms with E-state index in [2.05, 4.69) is 10.3 Å². The predicted molar refractivity (Wildman–Crippen MR) is 69.1 cm³/mol. The number of thiazole rings is 1. The summed E-state index contributed by atoms with van der Waals surface area (Å²) in [5.41, 5.74) is 0.783. The second-order valence-electron chi connectivity index (χ2n) is 3.59. The second kappa shape index (κ2) is 5.44. The van der Waals surface area contributed by atoms with Crippen LogP contribution in [0.2, 0.25) is 0 Å². The first-order valence-electron chi connectivity index (χ1n) is 5.22. The Labute approximate surface area is 111 Å². The first-order chi connectivity index (χ1) is 9.06. The van der Waals surface area contributed by atoms with Crippen molar-refractivity contribution in [1.82, 2.24) is 10.3 Å². The fourth-order valence-electron chi connectivity index (χ4n) is 1.41. The molecule has 1 amide bonds. The first-order valence-corrected chi connectivity index (χ1v) is 6.04. The van der Waals surface area contributed by atoms with Crippen molar-refractivity contribution in [2.75, 3.05) is 0 Å². The summed E-state index contributed by atoms with van der Waals surface area (Å²) in [6.07, 6.45) is 0.488. The molecule has 1 heterocycles. The van der Waals surface area contributed by atoms with Gasteiger partial charge in [-0.2, -0.15) is 0 Å². The zero-order valence-electron chi connectivity index (χ0n) is 9.57. The molecular weight excluding hydrogens is 270 g/mol. The topological polar surface area (TPSA) is 105 Å². The van der Waals surface area contributed by atoms with Gasteiger partial charge in [0.15, 0.2) is 0 Å². The van der Waals surface area contributed by atoms with E-state index in [0.29, 0.717) is 5.01 Å². The molecule has 0 spiro atoms. The van der Waals surface area contributed by atoms with Crippen molar-refractivity contribution in [3.63, 3.8) is 0 Å². The minimum Gasteiger partial charge on any atom is -0.465 e. The molecule has 19 heavy (non-hydrogen) atoms. The van der Waals surface area contributed by atoms with Crippen LogP contribution < -0.4 is 5.32 Å². The molecule has 7 nitrogen and oxygen atoms in total. The molecule has 98 valence electrons. The number of rotatable bonds is 4. The number of hydrogen-bond acceptors (Lipinski definition) is 5. The molecule has 2 N–H and O–H groups in total. The van der Waals surface area contributed by atoms with Gasteiger partial charge < -0.3 is 10.4 Å². The Morgan fingerprint density at radius 1 is 1.42 bits per heavy atom. The summed E-state index contributed by atoms with van der Waals surface area (Å²) in [7, 11) is 0. The number of nitro benzene ring substituents is 1. The standard InChI is InChI=1S/C11H9N3O4S/c15-11(16)13-6-9-5-12-10(19-9)7-1-3-8(4-2-7)14(17)18/h1-5,13H,6H2,(H,15,16). The highest BCUT2D eigenvalue weighted by Crippen LogP contribution is 2.26. The van der Waals surface area contributed by atoms with Crippen LogP contribution in [-0.2, 0) is 6.54 Å². The van der Waals surface area contributed by atoms with Gasteiger partial charge in [-0.1, -0.05) is 0 Å². The zero-order valence-corrected chi connectivity index (χ0v) is 10.4. The average Bonchev–Trinajstić information content (AvgIpc) is 2.85. The summed E-state index contributed by atoms with van der Waals surface area (Å²) in [5.74, 6) is 0. The molecule has 0 aliphatic carbocycles. The fourth-order valence-corrected chi connectivity index (χ4v) is 2.27. The summed E-state index contributed by atoms with van der Waals surface area (Å²) in [4.78, 5) is 25.4. The molecule has 0 aliphatic rings. The highest BCUT2D eigenvalue weighted by Gasteiger charge is 2.08. The van der Waals surface area contributed by atoms with Gasteiger partial charge in [-0.25, -0.2) is 9.78 Å². The van der Waals surface area contributed by atoms with Crippen LogP contribution in [0.3, 0.4) is 0 Å². The average molecular weight is 279 g/mol. The third-order valence-electron chi connectivity index (χ3n) is 2.29. The number of hydrogen-bond donors (Lipinski definition) is 2. The van der Waals surface area contributed by atoms with Gasteiger partial charge in [-0.15, -0.1) is 11.3 Å². The number of nitro groups is 1. The highest BCUT2D eigenvalue weighted by molar-refractivity contribution is 7.15. The van der Waals surface area contributed by atoms with E-state index in [0.717, 1.165) is 10.4 Å². The molecule has 0 saturated heterocycles. The van der Waals surface area contributed by atoms with Crippen molar-refractivity contribution in [2.24, 2.45) is 0 Å². The van der Waals surface area contributed by atoms with Gasteiger partial charge in [0.25, 0.3) is 5.69 Å². The molecule has 0 fully saturated rings. The lowest BCUT2D eigenvalue weighted by Gasteiger charge is -1.96. The monoisotopic (exact) mass is 279 g/mol. The predicted octanol–water partition coefficient (Wildman–Crippen LogP) is 2.49. The van der Waals surface area contributed by atoms with Gasteiger partial charge in [-0.3, -0.25) is 10.1 Å². The molecule has 8 heteroatoms. The number of amides is 1. The van der Waals surface area contributed by atoms with Crippen LogP contribution in [-0.4, -0.2) is 21.1 Å². The van der Waals surface area contributed by atoms with E-state index in [1.807, 2.05) is 0 Å². The second-order valence-corrected chi connectivity index (χ2v) is 4.71. The van der Waals surface area contributed by atoms with Crippen molar-refractivity contribution >= 4 is 23.1 Å². The van der Waals surface area contributed by atoms with Crippen LogP contribution in [0.5, 0.6) is 0 Å². The molecule has 0 radical (unpaired) electrons. The number of carbonyl (C=O) groups is 1. The van der Waals surface area contributed by atoms with Crippen LogP contribution in [0.1, 0.15) is 4.88 Å². The summed E-state index contributed by atoms with van der Waals surface area (Å²) in [6, 6.07) is 6.05. The summed E-state index contributed by atoms with van der Waals surface area (Å²) >= 11 is 1.34. The van der Waals surface area contributed by atoms with E-state index in [1.54, 1.807) is 18.3 Å². The lowest BCUT2D eigenvalue weighted by atomic mass is 10.2. The Kier molecular flexibility index (Phi) is 3.71. The van der Waals surface area contributed by atoms with Crippen LogP contribution in [0, 0.1) is 10.1 Å². The van der Waals surface area contributed by atoms with Gasteiger partial charge in [0.1, 0.15) is 5.01 Å². The maximum absolute atomic E-state index is 10.5. The highest BCUT2D eigenvalue weighted by atomic mass is 32.1. The number of nitrogens with one attached hydrogen (secondary N) is 1. The number of carboxylic acid groups (broad SMARTS) is 1. The first kappa shape index (κ1) is 13.0. The van der Waals surface area contributed by atoms with E-state index in [1.165, 1.54) is 23.5 Å². The Morgan fingerprint density at radius 3 is 2.68 bits per heavy atom. The number of benzene rings is 1. The lowest BCUT2D eigenvalue weighted by molar-refractivity contribution is -0.384. The van der Waals surface area contributed by atoms with Gasteiger partial charge in [-0.05, 0) is 12.1 Å². The van der Waals surface area contributed by atoms with Crippen LogP contribution in [0.4, 0.5) is 10.5 Å². The third-order valence-corrected chi connectivity index (χ3v) is 3.34. The Hall–Kier alpha value is -2.48. The fraction of sp³-hybridized carbons (Fsp3) is 0.0909. The van der Waals surface area contributed by atoms with Crippen molar-refractivity contribution in [1.29, 1.82) is 0 Å². The molecule has 0 atom stereocenters. The maximum Gasteiger partial charge on any atom is 0.404 e. The molecular formula is C11H9N3O4S. The van der Waals surface area contributed by atoms with E-state index in [4.69, 9.17) is 5.11 Å². The maximum atomic E-state index is 10.5. The van der Waals surface area contributed by atoms with Gasteiger partial charge in [0.2, 0.25) is 0 Å². The quantitative estimate of drug-likeness (QED) is 0.660. The zero-order chi connectivity index (χ0) is 13.8. The minimum absolute atomic E-state index is 0.0214. The smallest absolute Gasteiger partial charge is 0.404 e. The molecule has 0 saturated carbocycles. The molecule has 0 aliphatic heterocycles. The molecule has 1 aromatic carbocycles. The van der Waals surface area contributed by atoms with Crippen LogP contribution >= 0.6 is 11.3 Å². The number of nitrogens with zero attached hydrogens (tertiary/aromatic N) is 2. The summed E-state index contributed by atoms with van der Waals surface area (Å²) in [6.45, 7) is 0.194. The van der Waals surface area contributed by atoms with Gasteiger partial charge >= 0.3 is 6.09 Å². The number of aromatic nitrogens is 1. The third kappa shape index (κ3) is 3.26. The Bertz CT molecular complexity index is 609. The molecule has 0 unspecified atom stereocenters. The van der Waals surface area contributed by atoms with Gasteiger partial charge in [0, 0.05) is 28.8 Å². The number of non-ortho nitro benzene ring substituents is 1.